The lowest BCUT2D eigenvalue weighted by Crippen LogP contribution is -2.13. The molecule has 5 nitrogen and oxygen atoms in total. The lowest BCUT2D eigenvalue weighted by Gasteiger charge is -2.18. The van der Waals surface area contributed by atoms with E-state index < -0.39 is 6.29 Å². The van der Waals surface area contributed by atoms with Crippen molar-refractivity contribution in [2.45, 2.75) is 13.2 Å². The summed E-state index contributed by atoms with van der Waals surface area (Å²) in [6.45, 7) is 1.42. The van der Waals surface area contributed by atoms with E-state index in [1.54, 1.807) is 30.3 Å². The predicted molar refractivity (Wildman–Crippen MR) is 87.4 cm³/mol. The summed E-state index contributed by atoms with van der Waals surface area (Å²) in [4.78, 5) is 23.9. The Balaban J connectivity index is 2.45. The smallest absolute Gasteiger partial charge is 0.221 e. The average molecular weight is 313 g/mol. The first-order valence-electron chi connectivity index (χ1n) is 7.13. The van der Waals surface area contributed by atoms with Crippen molar-refractivity contribution >= 4 is 17.4 Å². The molecular weight excluding hydrogens is 294 g/mol. The van der Waals surface area contributed by atoms with Crippen LogP contribution >= 0.6 is 0 Å². The third-order valence-electron chi connectivity index (χ3n) is 3.34. The van der Waals surface area contributed by atoms with Crippen molar-refractivity contribution in [2.24, 2.45) is 0 Å². The fourth-order valence-corrected chi connectivity index (χ4v) is 2.31. The number of ketones is 1. The molecule has 2 aromatic carbocycles. The molecule has 0 aliphatic heterocycles. The van der Waals surface area contributed by atoms with Crippen LogP contribution in [0.25, 0.3) is 0 Å². The number of carbonyl (C=O) groups is 2. The number of anilines is 1. The average Bonchev–Trinajstić information content (AvgIpc) is 2.57. The van der Waals surface area contributed by atoms with Gasteiger partial charge in [0.25, 0.3) is 0 Å². The first-order chi connectivity index (χ1) is 11.1. The van der Waals surface area contributed by atoms with Crippen LogP contribution in [-0.2, 0) is 14.3 Å². The zero-order valence-corrected chi connectivity index (χ0v) is 13.3. The molecule has 0 fully saturated rings. The maximum absolute atomic E-state index is 12.6. The molecule has 0 radical (unpaired) electrons. The van der Waals surface area contributed by atoms with Gasteiger partial charge in [-0.05, 0) is 18.2 Å². The van der Waals surface area contributed by atoms with E-state index in [-0.39, 0.29) is 11.7 Å². The van der Waals surface area contributed by atoms with Crippen LogP contribution in [0.2, 0.25) is 0 Å². The van der Waals surface area contributed by atoms with Gasteiger partial charge in [-0.3, -0.25) is 9.59 Å². The van der Waals surface area contributed by atoms with Crippen LogP contribution in [0.15, 0.2) is 48.5 Å². The van der Waals surface area contributed by atoms with Gasteiger partial charge >= 0.3 is 0 Å². The SMILES string of the molecule is COC(OC)c1cc(C(=O)c2ccccc2)ccc1NC(C)=O. The second kappa shape index (κ2) is 7.67. The van der Waals surface area contributed by atoms with Crippen molar-refractivity contribution in [3.05, 3.63) is 65.2 Å². The van der Waals surface area contributed by atoms with Gasteiger partial charge in [-0.25, -0.2) is 0 Å². The second-order valence-electron chi connectivity index (χ2n) is 4.98. The Labute approximate surface area is 135 Å². The van der Waals surface area contributed by atoms with E-state index in [2.05, 4.69) is 5.32 Å². The number of ether oxygens (including phenoxy) is 2. The van der Waals surface area contributed by atoms with Gasteiger partial charge in [-0.2, -0.15) is 0 Å². The lowest BCUT2D eigenvalue weighted by molar-refractivity contribution is -0.114. The monoisotopic (exact) mass is 313 g/mol. The quantitative estimate of drug-likeness (QED) is 0.657. The first kappa shape index (κ1) is 16.9. The summed E-state index contributed by atoms with van der Waals surface area (Å²) in [5.74, 6) is -0.313. The normalized spacial score (nSPS) is 10.6. The highest BCUT2D eigenvalue weighted by Crippen LogP contribution is 2.28. The van der Waals surface area contributed by atoms with Crippen molar-refractivity contribution in [1.29, 1.82) is 0 Å². The van der Waals surface area contributed by atoms with Gasteiger partial charge in [0.2, 0.25) is 5.91 Å². The molecule has 2 rings (SSSR count). The van der Waals surface area contributed by atoms with Crippen molar-refractivity contribution in [3.8, 4) is 0 Å². The third kappa shape index (κ3) is 4.03. The molecule has 0 aromatic heterocycles. The van der Waals surface area contributed by atoms with Crippen LogP contribution in [0.5, 0.6) is 0 Å². The number of nitrogens with one attached hydrogen (secondary N) is 1. The third-order valence-corrected chi connectivity index (χ3v) is 3.34. The van der Waals surface area contributed by atoms with Crippen molar-refractivity contribution in [2.75, 3.05) is 19.5 Å². The molecule has 2 aromatic rings. The van der Waals surface area contributed by atoms with E-state index in [0.29, 0.717) is 22.4 Å². The Morgan fingerprint density at radius 2 is 1.61 bits per heavy atom. The molecule has 0 saturated carbocycles. The molecular formula is C18H19NO4. The van der Waals surface area contributed by atoms with Crippen LogP contribution in [0, 0.1) is 0 Å². The Morgan fingerprint density at radius 1 is 0.957 bits per heavy atom. The summed E-state index contributed by atoms with van der Waals surface area (Å²) < 4.78 is 10.5. The molecule has 0 atom stereocenters. The van der Waals surface area contributed by atoms with Crippen molar-refractivity contribution in [3.63, 3.8) is 0 Å². The largest absolute Gasteiger partial charge is 0.352 e. The molecule has 0 saturated heterocycles. The Hall–Kier alpha value is -2.50. The van der Waals surface area contributed by atoms with Gasteiger partial charge in [-0.1, -0.05) is 30.3 Å². The highest BCUT2D eigenvalue weighted by molar-refractivity contribution is 6.09. The zero-order chi connectivity index (χ0) is 16.8. The minimum absolute atomic E-state index is 0.104. The molecule has 0 heterocycles. The predicted octanol–water partition coefficient (Wildman–Crippen LogP) is 3.17. The van der Waals surface area contributed by atoms with Gasteiger partial charge in [0.15, 0.2) is 12.1 Å². The molecule has 0 aliphatic carbocycles. The Morgan fingerprint density at radius 3 is 2.17 bits per heavy atom. The van der Waals surface area contributed by atoms with Crippen molar-refractivity contribution < 1.29 is 19.1 Å². The van der Waals surface area contributed by atoms with E-state index in [4.69, 9.17) is 9.47 Å². The molecule has 120 valence electrons. The van der Waals surface area contributed by atoms with Crippen LogP contribution in [0.3, 0.4) is 0 Å². The minimum Gasteiger partial charge on any atom is -0.352 e. The minimum atomic E-state index is -0.680. The maximum Gasteiger partial charge on any atom is 0.221 e. The number of methoxy groups -OCH3 is 2. The molecule has 1 amide bonds. The van der Waals surface area contributed by atoms with E-state index in [1.807, 2.05) is 18.2 Å². The standard InChI is InChI=1S/C18H19NO4/c1-12(20)19-16-10-9-14(11-15(16)18(22-2)23-3)17(21)13-7-5-4-6-8-13/h4-11,18H,1-3H3,(H,19,20). The van der Waals surface area contributed by atoms with Crippen LogP contribution in [0.1, 0.15) is 34.7 Å². The van der Waals surface area contributed by atoms with Gasteiger partial charge in [-0.15, -0.1) is 0 Å². The fraction of sp³-hybridized carbons (Fsp3) is 0.222. The van der Waals surface area contributed by atoms with E-state index >= 15 is 0 Å². The molecule has 1 N–H and O–H groups in total. The van der Waals surface area contributed by atoms with E-state index in [9.17, 15) is 9.59 Å². The molecule has 23 heavy (non-hydrogen) atoms. The van der Waals surface area contributed by atoms with E-state index in [1.165, 1.54) is 21.1 Å². The summed E-state index contributed by atoms with van der Waals surface area (Å²) in [6, 6.07) is 14.0. The molecule has 0 bridgehead atoms. The molecule has 0 spiro atoms. The van der Waals surface area contributed by atoms with Crippen LogP contribution in [0.4, 0.5) is 5.69 Å². The Bertz CT molecular complexity index is 693. The summed E-state index contributed by atoms with van der Waals surface area (Å²) in [5, 5.41) is 2.72. The summed E-state index contributed by atoms with van der Waals surface area (Å²) in [7, 11) is 2.99. The zero-order valence-electron chi connectivity index (χ0n) is 13.3. The number of hydrogen-bond donors (Lipinski definition) is 1. The number of rotatable bonds is 6. The lowest BCUT2D eigenvalue weighted by atomic mass is 10.00. The van der Waals surface area contributed by atoms with E-state index in [0.717, 1.165) is 0 Å². The molecule has 5 heteroatoms. The fourth-order valence-electron chi connectivity index (χ4n) is 2.31. The number of carbonyl (C=O) groups excluding carboxylic acids is 2. The topological polar surface area (TPSA) is 64.6 Å². The van der Waals surface area contributed by atoms with Gasteiger partial charge in [0.05, 0.1) is 0 Å². The molecule has 0 unspecified atom stereocenters. The van der Waals surface area contributed by atoms with Gasteiger partial charge < -0.3 is 14.8 Å². The second-order valence-corrected chi connectivity index (χ2v) is 4.98. The Kier molecular flexibility index (Phi) is 5.62. The highest BCUT2D eigenvalue weighted by atomic mass is 16.7. The number of hydrogen-bond acceptors (Lipinski definition) is 4. The molecule has 0 aliphatic rings. The van der Waals surface area contributed by atoms with Gasteiger partial charge in [0.1, 0.15) is 0 Å². The summed E-state index contributed by atoms with van der Waals surface area (Å²) in [5.41, 5.74) is 2.24. The van der Waals surface area contributed by atoms with Gasteiger partial charge in [0, 0.05) is 43.5 Å². The highest BCUT2D eigenvalue weighted by Gasteiger charge is 2.18. The van der Waals surface area contributed by atoms with Crippen LogP contribution in [-0.4, -0.2) is 25.9 Å². The summed E-state index contributed by atoms with van der Waals surface area (Å²) >= 11 is 0. The first-order valence-corrected chi connectivity index (χ1v) is 7.13. The van der Waals surface area contributed by atoms with Crippen molar-refractivity contribution in [1.82, 2.24) is 0 Å². The number of amides is 1. The number of benzene rings is 2. The summed E-state index contributed by atoms with van der Waals surface area (Å²) in [6.07, 6.45) is -0.680. The van der Waals surface area contributed by atoms with Crippen LogP contribution < -0.4 is 5.32 Å². The maximum atomic E-state index is 12.6.